The van der Waals surface area contributed by atoms with Crippen molar-refractivity contribution in [3.05, 3.63) is 0 Å². The summed E-state index contributed by atoms with van der Waals surface area (Å²) in [7, 11) is 0. The Hall–Kier alpha value is 0. The van der Waals surface area contributed by atoms with Gasteiger partial charge in [-0.2, -0.15) is 0 Å². The van der Waals surface area contributed by atoms with Crippen LogP contribution in [0.1, 0.15) is 73.6 Å². The number of hydrogen-bond donors (Lipinski definition) is 0. The highest BCUT2D eigenvalue weighted by molar-refractivity contribution is 4.79. The van der Waals surface area contributed by atoms with Gasteiger partial charge in [-0.25, -0.2) is 0 Å². The van der Waals surface area contributed by atoms with Crippen molar-refractivity contribution in [3.63, 3.8) is 0 Å². The van der Waals surface area contributed by atoms with E-state index in [-0.39, 0.29) is 0 Å². The largest absolute Gasteiger partial charge is 0.0654 e. The topological polar surface area (TPSA) is 0 Å². The second-order valence-electron chi connectivity index (χ2n) is 5.72. The van der Waals surface area contributed by atoms with Crippen molar-refractivity contribution in [1.82, 2.24) is 0 Å². The molecule has 0 fully saturated rings. The first-order valence-corrected chi connectivity index (χ1v) is 6.47. The van der Waals surface area contributed by atoms with Crippen molar-refractivity contribution in [2.24, 2.45) is 17.3 Å². The van der Waals surface area contributed by atoms with Crippen molar-refractivity contribution >= 4 is 0 Å². The van der Waals surface area contributed by atoms with Gasteiger partial charge in [-0.15, -0.1) is 0 Å². The molecule has 2 unspecified atom stereocenters. The maximum absolute atomic E-state index is 2.41. The molecule has 0 spiro atoms. The van der Waals surface area contributed by atoms with E-state index in [1.165, 1.54) is 32.1 Å². The lowest BCUT2D eigenvalue weighted by atomic mass is 9.69. The Morgan fingerprint density at radius 3 is 1.64 bits per heavy atom. The molecule has 0 radical (unpaired) electrons. The summed E-state index contributed by atoms with van der Waals surface area (Å²) in [4.78, 5) is 0. The minimum atomic E-state index is 0.492. The lowest BCUT2D eigenvalue weighted by molar-refractivity contribution is 0.133. The minimum Gasteiger partial charge on any atom is -0.0654 e. The molecule has 0 amide bonds. The van der Waals surface area contributed by atoms with E-state index in [0.29, 0.717) is 5.41 Å². The van der Waals surface area contributed by atoms with Crippen LogP contribution in [0, 0.1) is 17.3 Å². The third kappa shape index (κ3) is 4.48. The first kappa shape index (κ1) is 14.0. The third-order valence-corrected chi connectivity index (χ3v) is 3.46. The molecule has 0 bridgehead atoms. The molecule has 0 rings (SSSR count). The second-order valence-corrected chi connectivity index (χ2v) is 5.72. The SMILES string of the molecule is CCCC(CC)C(CCC)C(C)(C)C. The van der Waals surface area contributed by atoms with Gasteiger partial charge in [0.1, 0.15) is 0 Å². The van der Waals surface area contributed by atoms with Crippen LogP contribution in [0.15, 0.2) is 0 Å². The van der Waals surface area contributed by atoms with Gasteiger partial charge in [0.25, 0.3) is 0 Å². The zero-order valence-electron chi connectivity index (χ0n) is 11.2. The standard InChI is InChI=1S/C14H30/c1-7-10-12(9-3)13(11-8-2)14(4,5)6/h12-13H,7-11H2,1-6H3. The van der Waals surface area contributed by atoms with Gasteiger partial charge in [0.15, 0.2) is 0 Å². The lowest BCUT2D eigenvalue weighted by Crippen LogP contribution is -2.28. The quantitative estimate of drug-likeness (QED) is 0.545. The molecule has 0 saturated carbocycles. The predicted molar refractivity (Wildman–Crippen MR) is 66.5 cm³/mol. The van der Waals surface area contributed by atoms with Crippen LogP contribution in [0.5, 0.6) is 0 Å². The fraction of sp³-hybridized carbons (Fsp3) is 1.00. The van der Waals surface area contributed by atoms with E-state index in [1.54, 1.807) is 0 Å². The van der Waals surface area contributed by atoms with Gasteiger partial charge in [-0.3, -0.25) is 0 Å². The van der Waals surface area contributed by atoms with Crippen LogP contribution in [0.25, 0.3) is 0 Å². The second kappa shape index (κ2) is 6.48. The molecule has 0 aromatic heterocycles. The zero-order valence-corrected chi connectivity index (χ0v) is 11.2. The molecular weight excluding hydrogens is 168 g/mol. The average Bonchev–Trinajstić information content (AvgIpc) is 2.09. The Bertz CT molecular complexity index is 129. The summed E-state index contributed by atoms with van der Waals surface area (Å²) < 4.78 is 0. The summed E-state index contributed by atoms with van der Waals surface area (Å²) in [6, 6.07) is 0. The highest BCUT2D eigenvalue weighted by Crippen LogP contribution is 2.39. The van der Waals surface area contributed by atoms with Gasteiger partial charge in [0, 0.05) is 0 Å². The van der Waals surface area contributed by atoms with E-state index in [1.807, 2.05) is 0 Å². The molecule has 0 nitrogen and oxygen atoms in total. The predicted octanol–water partition coefficient (Wildman–Crippen LogP) is 5.28. The molecule has 0 heteroatoms. The van der Waals surface area contributed by atoms with Gasteiger partial charge in [0.05, 0.1) is 0 Å². The summed E-state index contributed by atoms with van der Waals surface area (Å²) in [5.74, 6) is 1.86. The van der Waals surface area contributed by atoms with Crippen molar-refractivity contribution in [1.29, 1.82) is 0 Å². The van der Waals surface area contributed by atoms with Crippen molar-refractivity contribution in [2.75, 3.05) is 0 Å². The van der Waals surface area contributed by atoms with Crippen LogP contribution < -0.4 is 0 Å². The Morgan fingerprint density at radius 1 is 0.857 bits per heavy atom. The number of hydrogen-bond acceptors (Lipinski definition) is 0. The van der Waals surface area contributed by atoms with Crippen LogP contribution in [-0.4, -0.2) is 0 Å². The Labute approximate surface area is 91.5 Å². The molecule has 2 atom stereocenters. The summed E-state index contributed by atoms with van der Waals surface area (Å²) in [6.45, 7) is 14.2. The smallest absolute Gasteiger partial charge is 0.0337 e. The molecule has 0 saturated heterocycles. The van der Waals surface area contributed by atoms with Crippen LogP contribution in [0.2, 0.25) is 0 Å². The molecule has 0 aliphatic rings. The minimum absolute atomic E-state index is 0.492. The molecule has 0 aliphatic carbocycles. The maximum atomic E-state index is 2.41. The van der Waals surface area contributed by atoms with Crippen LogP contribution in [0.4, 0.5) is 0 Å². The number of rotatable bonds is 6. The van der Waals surface area contributed by atoms with Crippen molar-refractivity contribution in [3.8, 4) is 0 Å². The monoisotopic (exact) mass is 198 g/mol. The molecule has 0 aromatic rings. The highest BCUT2D eigenvalue weighted by atomic mass is 14.3. The summed E-state index contributed by atoms with van der Waals surface area (Å²) in [6.07, 6.45) is 6.85. The van der Waals surface area contributed by atoms with Gasteiger partial charge in [-0.1, -0.05) is 67.2 Å². The Morgan fingerprint density at radius 2 is 1.36 bits per heavy atom. The van der Waals surface area contributed by atoms with Crippen LogP contribution >= 0.6 is 0 Å². The van der Waals surface area contributed by atoms with Gasteiger partial charge < -0.3 is 0 Å². The molecule has 0 aromatic carbocycles. The van der Waals surface area contributed by atoms with E-state index in [0.717, 1.165) is 11.8 Å². The maximum Gasteiger partial charge on any atom is -0.0337 e. The first-order chi connectivity index (χ1) is 6.47. The van der Waals surface area contributed by atoms with Crippen LogP contribution in [-0.2, 0) is 0 Å². The highest BCUT2D eigenvalue weighted by Gasteiger charge is 2.29. The van der Waals surface area contributed by atoms with E-state index in [9.17, 15) is 0 Å². The third-order valence-electron chi connectivity index (χ3n) is 3.46. The van der Waals surface area contributed by atoms with Gasteiger partial charge in [0.2, 0.25) is 0 Å². The van der Waals surface area contributed by atoms with E-state index in [2.05, 4.69) is 41.5 Å². The van der Waals surface area contributed by atoms with Crippen molar-refractivity contribution < 1.29 is 0 Å². The fourth-order valence-electron chi connectivity index (χ4n) is 2.75. The molecular formula is C14H30. The molecule has 86 valence electrons. The van der Waals surface area contributed by atoms with E-state index < -0.39 is 0 Å². The van der Waals surface area contributed by atoms with E-state index >= 15 is 0 Å². The lowest BCUT2D eigenvalue weighted by Gasteiger charge is -2.37. The van der Waals surface area contributed by atoms with E-state index in [4.69, 9.17) is 0 Å². The molecule has 0 aliphatic heterocycles. The van der Waals surface area contributed by atoms with Gasteiger partial charge in [-0.05, 0) is 23.7 Å². The average molecular weight is 198 g/mol. The normalized spacial score (nSPS) is 16.7. The van der Waals surface area contributed by atoms with Gasteiger partial charge >= 0.3 is 0 Å². The summed E-state index contributed by atoms with van der Waals surface area (Å²) in [5.41, 5.74) is 0.492. The first-order valence-electron chi connectivity index (χ1n) is 6.47. The molecule has 14 heavy (non-hydrogen) atoms. The Kier molecular flexibility index (Phi) is 6.48. The fourth-order valence-corrected chi connectivity index (χ4v) is 2.75. The molecule has 0 heterocycles. The molecule has 0 N–H and O–H groups in total. The van der Waals surface area contributed by atoms with Crippen molar-refractivity contribution in [2.45, 2.75) is 73.6 Å². The Balaban J connectivity index is 4.43. The van der Waals surface area contributed by atoms with Crippen LogP contribution in [0.3, 0.4) is 0 Å². The zero-order chi connectivity index (χ0) is 11.2. The summed E-state index contributed by atoms with van der Waals surface area (Å²) in [5, 5.41) is 0. The summed E-state index contributed by atoms with van der Waals surface area (Å²) >= 11 is 0.